The van der Waals surface area contributed by atoms with Crippen LogP contribution in [-0.4, -0.2) is 43.2 Å². The van der Waals surface area contributed by atoms with Crippen molar-refractivity contribution in [1.29, 1.82) is 0 Å². The van der Waals surface area contributed by atoms with Crippen molar-refractivity contribution in [3.8, 4) is 5.75 Å². The van der Waals surface area contributed by atoms with E-state index >= 15 is 0 Å². The number of hydrogen-bond acceptors (Lipinski definition) is 5. The number of amides is 1. The summed E-state index contributed by atoms with van der Waals surface area (Å²) in [7, 11) is 1.67. The van der Waals surface area contributed by atoms with Crippen molar-refractivity contribution in [2.24, 2.45) is 0 Å². The molecule has 0 fully saturated rings. The molecule has 0 aliphatic carbocycles. The van der Waals surface area contributed by atoms with E-state index in [1.807, 2.05) is 0 Å². The Morgan fingerprint density at radius 1 is 1.42 bits per heavy atom. The van der Waals surface area contributed by atoms with Gasteiger partial charge in [-0.1, -0.05) is 0 Å². The van der Waals surface area contributed by atoms with Gasteiger partial charge in [0, 0.05) is 18.7 Å². The molecule has 136 valence electrons. The second kappa shape index (κ2) is 9.28. The number of likely N-dealkylation sites (N-methyl/N-ethyl adjacent to an activating group) is 1. The van der Waals surface area contributed by atoms with Crippen LogP contribution < -0.4 is 15.4 Å². The van der Waals surface area contributed by atoms with Crippen LogP contribution in [-0.2, 0) is 0 Å². The van der Waals surface area contributed by atoms with Gasteiger partial charge in [-0.2, -0.15) is 13.2 Å². The van der Waals surface area contributed by atoms with Crippen molar-refractivity contribution in [2.45, 2.75) is 19.1 Å². The summed E-state index contributed by atoms with van der Waals surface area (Å²) in [6.07, 6.45) is -4.55. The number of carbonyl (C=O) groups is 1. The van der Waals surface area contributed by atoms with Crippen LogP contribution in [0.2, 0.25) is 0 Å². The highest BCUT2D eigenvalue weighted by molar-refractivity contribution is 5.98. The van der Waals surface area contributed by atoms with Gasteiger partial charge in [0.15, 0.2) is 6.61 Å². The van der Waals surface area contributed by atoms with Gasteiger partial charge >= 0.3 is 6.18 Å². The summed E-state index contributed by atoms with van der Waals surface area (Å²) in [4.78, 5) is 22.2. The Morgan fingerprint density at radius 3 is 2.54 bits per heavy atom. The number of carbonyl (C=O) groups excluding carboxylic acids is 1. The Kier molecular flexibility index (Phi) is 8.48. The molecule has 1 aromatic carbocycles. The third-order valence-corrected chi connectivity index (χ3v) is 2.87. The van der Waals surface area contributed by atoms with E-state index in [2.05, 4.69) is 15.4 Å². The van der Waals surface area contributed by atoms with Crippen LogP contribution in [0.25, 0.3) is 0 Å². The van der Waals surface area contributed by atoms with Crippen molar-refractivity contribution >= 4 is 24.0 Å². The maximum absolute atomic E-state index is 12.1. The van der Waals surface area contributed by atoms with Gasteiger partial charge in [0.1, 0.15) is 11.3 Å². The molecule has 0 heterocycles. The normalized spacial score (nSPS) is 12.0. The number of rotatable bonds is 7. The predicted octanol–water partition coefficient (Wildman–Crippen LogP) is 2.30. The first-order valence-electron chi connectivity index (χ1n) is 6.57. The van der Waals surface area contributed by atoms with Crippen LogP contribution in [0.15, 0.2) is 18.2 Å². The van der Waals surface area contributed by atoms with E-state index in [0.717, 1.165) is 18.2 Å². The molecule has 0 saturated carbocycles. The first kappa shape index (κ1) is 21.9. The van der Waals surface area contributed by atoms with Crippen molar-refractivity contribution in [2.75, 3.05) is 20.2 Å². The topological polar surface area (TPSA) is 93.5 Å². The Balaban J connectivity index is 0.00000529. The minimum atomic E-state index is -4.55. The fourth-order valence-electron chi connectivity index (χ4n) is 1.55. The molecule has 1 unspecified atom stereocenters. The third kappa shape index (κ3) is 7.01. The summed E-state index contributed by atoms with van der Waals surface area (Å²) in [6, 6.07) is 2.78. The molecule has 1 amide bonds. The SMILES string of the molecule is CNC(C)CNC(=O)c1cc(OCC(F)(F)F)ccc1[N+](=O)[O-].Cl. The number of nitro groups is 1. The van der Waals surface area contributed by atoms with Crippen LogP contribution in [0.5, 0.6) is 5.75 Å². The molecule has 0 saturated heterocycles. The molecule has 1 rings (SSSR count). The summed E-state index contributed by atoms with van der Waals surface area (Å²) >= 11 is 0. The van der Waals surface area contributed by atoms with E-state index in [1.54, 1.807) is 14.0 Å². The monoisotopic (exact) mass is 371 g/mol. The average Bonchev–Trinajstić information content (AvgIpc) is 2.49. The number of benzene rings is 1. The van der Waals surface area contributed by atoms with E-state index in [-0.39, 0.29) is 36.3 Å². The lowest BCUT2D eigenvalue weighted by atomic mass is 10.1. The molecule has 0 aliphatic rings. The lowest BCUT2D eigenvalue weighted by Crippen LogP contribution is -2.37. The summed E-state index contributed by atoms with van der Waals surface area (Å²) in [5.41, 5.74) is -0.878. The average molecular weight is 372 g/mol. The predicted molar refractivity (Wildman–Crippen MR) is 82.7 cm³/mol. The molecule has 7 nitrogen and oxygen atoms in total. The first-order valence-corrected chi connectivity index (χ1v) is 6.57. The molecular weight excluding hydrogens is 355 g/mol. The van der Waals surface area contributed by atoms with Gasteiger partial charge in [0.25, 0.3) is 11.6 Å². The fourth-order valence-corrected chi connectivity index (χ4v) is 1.55. The Morgan fingerprint density at radius 2 is 2.04 bits per heavy atom. The first-order chi connectivity index (χ1) is 10.6. The summed E-state index contributed by atoms with van der Waals surface area (Å²) in [5.74, 6) is -1.05. The number of nitrogens with one attached hydrogen (secondary N) is 2. The molecule has 0 aliphatic heterocycles. The molecule has 24 heavy (non-hydrogen) atoms. The zero-order valence-electron chi connectivity index (χ0n) is 12.8. The molecule has 0 bridgehead atoms. The number of nitrogens with zero attached hydrogens (tertiary/aromatic N) is 1. The molecule has 1 atom stereocenters. The maximum Gasteiger partial charge on any atom is 0.422 e. The van der Waals surface area contributed by atoms with Gasteiger partial charge in [0.05, 0.1) is 4.92 Å². The van der Waals surface area contributed by atoms with Crippen LogP contribution in [0.1, 0.15) is 17.3 Å². The molecule has 11 heteroatoms. The standard InChI is InChI=1S/C13H16F3N3O4.ClH/c1-8(17-2)6-18-12(20)10-5-9(23-7-13(14,15)16)3-4-11(10)19(21)22;/h3-5,8,17H,6-7H2,1-2H3,(H,18,20);1H. The summed E-state index contributed by atoms with van der Waals surface area (Å²) < 4.78 is 40.9. The highest BCUT2D eigenvalue weighted by Crippen LogP contribution is 2.25. The summed E-state index contributed by atoms with van der Waals surface area (Å²) in [5, 5.41) is 16.3. The van der Waals surface area contributed by atoms with E-state index in [1.165, 1.54) is 0 Å². The fraction of sp³-hybridized carbons (Fsp3) is 0.462. The van der Waals surface area contributed by atoms with E-state index in [4.69, 9.17) is 0 Å². The van der Waals surface area contributed by atoms with Gasteiger partial charge in [-0.05, 0) is 26.1 Å². The maximum atomic E-state index is 12.1. The number of ether oxygens (including phenoxy) is 1. The minimum Gasteiger partial charge on any atom is -0.484 e. The van der Waals surface area contributed by atoms with Gasteiger partial charge in [-0.15, -0.1) is 12.4 Å². The van der Waals surface area contributed by atoms with Crippen LogP contribution >= 0.6 is 12.4 Å². The van der Waals surface area contributed by atoms with Crippen LogP contribution in [0, 0.1) is 10.1 Å². The number of halogens is 4. The van der Waals surface area contributed by atoms with Gasteiger partial charge in [-0.3, -0.25) is 14.9 Å². The molecule has 0 aromatic heterocycles. The zero-order valence-corrected chi connectivity index (χ0v) is 13.7. The lowest BCUT2D eigenvalue weighted by molar-refractivity contribution is -0.385. The number of nitro benzene ring substituents is 1. The van der Waals surface area contributed by atoms with Crippen LogP contribution in [0.3, 0.4) is 0 Å². The largest absolute Gasteiger partial charge is 0.484 e. The van der Waals surface area contributed by atoms with Crippen molar-refractivity contribution in [3.63, 3.8) is 0 Å². The zero-order chi connectivity index (χ0) is 17.6. The van der Waals surface area contributed by atoms with Crippen molar-refractivity contribution < 1.29 is 27.6 Å². The number of hydrogen-bond donors (Lipinski definition) is 2. The van der Waals surface area contributed by atoms with Gasteiger partial charge < -0.3 is 15.4 Å². The van der Waals surface area contributed by atoms with E-state index in [9.17, 15) is 28.1 Å². The molecular formula is C13H17ClF3N3O4. The van der Waals surface area contributed by atoms with Gasteiger partial charge in [0.2, 0.25) is 0 Å². The van der Waals surface area contributed by atoms with Crippen LogP contribution in [0.4, 0.5) is 18.9 Å². The van der Waals surface area contributed by atoms with E-state index in [0.29, 0.717) is 0 Å². The molecule has 0 radical (unpaired) electrons. The highest BCUT2D eigenvalue weighted by atomic mass is 35.5. The minimum absolute atomic E-state index is 0. The molecule has 2 N–H and O–H groups in total. The smallest absolute Gasteiger partial charge is 0.422 e. The third-order valence-electron chi connectivity index (χ3n) is 2.87. The van der Waals surface area contributed by atoms with Gasteiger partial charge in [-0.25, -0.2) is 0 Å². The Bertz CT molecular complexity index is 584. The van der Waals surface area contributed by atoms with E-state index < -0.39 is 29.3 Å². The molecule has 0 spiro atoms. The highest BCUT2D eigenvalue weighted by Gasteiger charge is 2.29. The van der Waals surface area contributed by atoms with Crippen molar-refractivity contribution in [1.82, 2.24) is 10.6 Å². The second-order valence-electron chi connectivity index (χ2n) is 4.74. The lowest BCUT2D eigenvalue weighted by Gasteiger charge is -2.13. The Labute approximate surface area is 142 Å². The Hall–Kier alpha value is -2.07. The van der Waals surface area contributed by atoms with Crippen molar-refractivity contribution in [3.05, 3.63) is 33.9 Å². The quantitative estimate of drug-likeness (QED) is 0.566. The number of alkyl halides is 3. The molecule has 1 aromatic rings. The summed E-state index contributed by atoms with van der Waals surface area (Å²) in [6.45, 7) is 0.417. The second-order valence-corrected chi connectivity index (χ2v) is 4.74.